The summed E-state index contributed by atoms with van der Waals surface area (Å²) >= 11 is 5.64. The number of anilines is 1. The Morgan fingerprint density at radius 3 is 2.54 bits per heavy atom. The second-order valence-corrected chi connectivity index (χ2v) is 7.21. The van der Waals surface area contributed by atoms with Crippen LogP contribution in [0.5, 0.6) is 0 Å². The van der Waals surface area contributed by atoms with E-state index in [4.69, 9.17) is 11.6 Å². The van der Waals surface area contributed by atoms with Crippen LogP contribution >= 0.6 is 11.6 Å². The van der Waals surface area contributed by atoms with Crippen LogP contribution < -0.4 is 4.72 Å². The van der Waals surface area contributed by atoms with Gasteiger partial charge in [-0.15, -0.1) is 10.2 Å². The van der Waals surface area contributed by atoms with Crippen molar-refractivity contribution >= 4 is 27.3 Å². The molecule has 0 atom stereocenters. The molecule has 2 N–H and O–H groups in total. The normalized spacial score (nSPS) is 12.2. The molecule has 136 valence electrons. The Bertz CT molecular complexity index is 1040. The summed E-state index contributed by atoms with van der Waals surface area (Å²) in [5.41, 5.74) is -0.590. The molecule has 0 bridgehead atoms. The van der Waals surface area contributed by atoms with Gasteiger partial charge in [-0.3, -0.25) is 4.72 Å². The molecule has 12 heteroatoms. The summed E-state index contributed by atoms with van der Waals surface area (Å²) in [4.78, 5) is -0.609. The zero-order chi connectivity index (χ0) is 18.9. The number of nitrogens with zero attached hydrogens (tertiary/aromatic N) is 3. The van der Waals surface area contributed by atoms with Gasteiger partial charge in [0, 0.05) is 16.3 Å². The third-order valence-corrected chi connectivity index (χ3v) is 4.81. The van der Waals surface area contributed by atoms with E-state index in [1.807, 2.05) is 0 Å². The van der Waals surface area contributed by atoms with E-state index >= 15 is 0 Å². The van der Waals surface area contributed by atoms with Crippen molar-refractivity contribution in [1.29, 1.82) is 0 Å². The number of rotatable bonds is 4. The second-order valence-electron chi connectivity index (χ2n) is 5.10. The molecule has 0 saturated carbocycles. The molecule has 0 aliphatic carbocycles. The van der Waals surface area contributed by atoms with E-state index in [0.717, 1.165) is 6.07 Å². The molecule has 0 fully saturated rings. The van der Waals surface area contributed by atoms with Gasteiger partial charge in [0.15, 0.2) is 0 Å². The van der Waals surface area contributed by atoms with Gasteiger partial charge in [-0.25, -0.2) is 8.42 Å². The van der Waals surface area contributed by atoms with Crippen LogP contribution in [-0.2, 0) is 16.2 Å². The zero-order valence-electron chi connectivity index (χ0n) is 12.6. The molecule has 2 aromatic carbocycles. The average molecular weight is 404 g/mol. The lowest BCUT2D eigenvalue weighted by molar-refractivity contribution is -0.137. The van der Waals surface area contributed by atoms with E-state index < -0.39 is 26.7 Å². The topological polar surface area (TPSA) is 101 Å². The second kappa shape index (κ2) is 6.57. The highest BCUT2D eigenvalue weighted by molar-refractivity contribution is 7.92. The van der Waals surface area contributed by atoms with Crippen molar-refractivity contribution in [1.82, 2.24) is 20.6 Å². The van der Waals surface area contributed by atoms with Crippen LogP contribution in [0.2, 0.25) is 5.02 Å². The van der Waals surface area contributed by atoms with Crippen molar-refractivity contribution in [3.63, 3.8) is 0 Å². The Hall–Kier alpha value is -2.66. The number of hydrogen-bond acceptors (Lipinski definition) is 5. The smallest absolute Gasteiger partial charge is 0.280 e. The summed E-state index contributed by atoms with van der Waals surface area (Å²) in [5.74, 6) is 0.230. The van der Waals surface area contributed by atoms with E-state index in [2.05, 4.69) is 25.3 Å². The highest BCUT2D eigenvalue weighted by atomic mass is 35.5. The number of sulfonamides is 1. The minimum absolute atomic E-state index is 0.112. The first kappa shape index (κ1) is 18.1. The fourth-order valence-electron chi connectivity index (χ4n) is 2.10. The first-order valence-electron chi connectivity index (χ1n) is 6.90. The fourth-order valence-corrected chi connectivity index (χ4v) is 3.52. The Morgan fingerprint density at radius 2 is 1.88 bits per heavy atom. The molecule has 0 spiro atoms. The summed E-state index contributed by atoms with van der Waals surface area (Å²) in [5, 5.41) is 12.8. The summed E-state index contributed by atoms with van der Waals surface area (Å²) in [7, 11) is -4.30. The van der Waals surface area contributed by atoms with Gasteiger partial charge in [-0.2, -0.15) is 18.4 Å². The van der Waals surface area contributed by atoms with Gasteiger partial charge in [-0.1, -0.05) is 23.7 Å². The predicted molar refractivity (Wildman–Crippen MR) is 86.9 cm³/mol. The highest BCUT2D eigenvalue weighted by Gasteiger charge is 2.32. The van der Waals surface area contributed by atoms with Crippen LogP contribution in [-0.4, -0.2) is 29.0 Å². The van der Waals surface area contributed by atoms with Gasteiger partial charge in [0.25, 0.3) is 10.0 Å². The Balaban J connectivity index is 1.95. The molecule has 7 nitrogen and oxygen atoms in total. The van der Waals surface area contributed by atoms with E-state index in [-0.39, 0.29) is 16.5 Å². The first-order valence-corrected chi connectivity index (χ1v) is 8.76. The van der Waals surface area contributed by atoms with Crippen molar-refractivity contribution in [2.24, 2.45) is 0 Å². The van der Waals surface area contributed by atoms with E-state index in [1.54, 1.807) is 6.07 Å². The number of benzene rings is 2. The standard InChI is InChI=1S/C14H9ClF3N5O2S/c15-10-5-9(14(16,17)18)6-12(7-10)26(24,25)21-11-3-1-2-8(4-11)13-19-22-23-20-13/h1-7,21H,(H,19,20,22,23). The third kappa shape index (κ3) is 3.94. The summed E-state index contributed by atoms with van der Waals surface area (Å²) < 4.78 is 65.7. The molecule has 1 aromatic heterocycles. The van der Waals surface area contributed by atoms with Crippen LogP contribution in [0.1, 0.15) is 5.56 Å². The molecule has 0 aliphatic heterocycles. The van der Waals surface area contributed by atoms with E-state index in [9.17, 15) is 21.6 Å². The van der Waals surface area contributed by atoms with Gasteiger partial charge < -0.3 is 0 Å². The largest absolute Gasteiger partial charge is 0.416 e. The lowest BCUT2D eigenvalue weighted by Gasteiger charge is -2.12. The maximum atomic E-state index is 12.9. The summed E-state index contributed by atoms with van der Waals surface area (Å²) in [6, 6.07) is 8.08. The lowest BCUT2D eigenvalue weighted by Crippen LogP contribution is -2.15. The monoisotopic (exact) mass is 403 g/mol. The number of tetrazole rings is 1. The molecule has 3 rings (SSSR count). The van der Waals surface area contributed by atoms with Gasteiger partial charge in [0.1, 0.15) is 0 Å². The van der Waals surface area contributed by atoms with Crippen LogP contribution in [0.4, 0.5) is 18.9 Å². The van der Waals surface area contributed by atoms with Gasteiger partial charge >= 0.3 is 6.18 Å². The number of hydrogen-bond donors (Lipinski definition) is 2. The molecule has 0 unspecified atom stereocenters. The Labute approximate surface area is 150 Å². The number of alkyl halides is 3. The predicted octanol–water partition coefficient (Wildman–Crippen LogP) is 3.34. The third-order valence-electron chi connectivity index (χ3n) is 3.23. The molecule has 1 heterocycles. The molecule has 3 aromatic rings. The maximum Gasteiger partial charge on any atom is 0.416 e. The van der Waals surface area contributed by atoms with Crippen LogP contribution in [0.15, 0.2) is 47.4 Å². The maximum absolute atomic E-state index is 12.9. The number of H-pyrrole nitrogens is 1. The Kier molecular flexibility index (Phi) is 4.59. The van der Waals surface area contributed by atoms with Crippen molar-refractivity contribution in [3.8, 4) is 11.4 Å². The quantitative estimate of drug-likeness (QED) is 0.695. The molecule has 0 saturated heterocycles. The van der Waals surface area contributed by atoms with E-state index in [1.165, 1.54) is 18.2 Å². The van der Waals surface area contributed by atoms with Gasteiger partial charge in [-0.05, 0) is 35.5 Å². The molecule has 0 amide bonds. The van der Waals surface area contributed by atoms with Crippen LogP contribution in [0.3, 0.4) is 0 Å². The number of halogens is 4. The Morgan fingerprint density at radius 1 is 1.12 bits per heavy atom. The van der Waals surface area contributed by atoms with Crippen molar-refractivity contribution in [2.45, 2.75) is 11.1 Å². The molecular weight excluding hydrogens is 395 g/mol. The number of aromatic nitrogens is 4. The zero-order valence-corrected chi connectivity index (χ0v) is 14.2. The fraction of sp³-hybridized carbons (Fsp3) is 0.0714. The molecule has 0 radical (unpaired) electrons. The van der Waals surface area contributed by atoms with Crippen molar-refractivity contribution < 1.29 is 21.6 Å². The van der Waals surface area contributed by atoms with Gasteiger partial charge in [0.05, 0.1) is 10.5 Å². The number of aromatic amines is 1. The van der Waals surface area contributed by atoms with Gasteiger partial charge in [0.2, 0.25) is 5.82 Å². The molecular formula is C14H9ClF3N5O2S. The summed E-state index contributed by atoms with van der Waals surface area (Å²) in [6.07, 6.45) is -4.73. The van der Waals surface area contributed by atoms with Crippen LogP contribution in [0.25, 0.3) is 11.4 Å². The summed E-state index contributed by atoms with van der Waals surface area (Å²) in [6.45, 7) is 0. The first-order chi connectivity index (χ1) is 12.1. The number of nitrogens with one attached hydrogen (secondary N) is 2. The average Bonchev–Trinajstić information content (AvgIpc) is 3.08. The SMILES string of the molecule is O=S(=O)(Nc1cccc(-c2nn[nH]n2)c1)c1cc(Cl)cc(C(F)(F)F)c1. The van der Waals surface area contributed by atoms with Crippen LogP contribution in [0, 0.1) is 0 Å². The minimum Gasteiger partial charge on any atom is -0.280 e. The molecule has 0 aliphatic rings. The van der Waals surface area contributed by atoms with Crippen molar-refractivity contribution in [2.75, 3.05) is 4.72 Å². The molecule has 26 heavy (non-hydrogen) atoms. The van der Waals surface area contributed by atoms with E-state index in [0.29, 0.717) is 17.7 Å². The highest BCUT2D eigenvalue weighted by Crippen LogP contribution is 2.33. The van der Waals surface area contributed by atoms with Crippen molar-refractivity contribution in [3.05, 3.63) is 53.1 Å². The minimum atomic E-state index is -4.73. The lowest BCUT2D eigenvalue weighted by atomic mass is 10.2.